The molecule has 0 bridgehead atoms. The molecular formula is C24H19F2N7O2S. The van der Waals surface area contributed by atoms with E-state index >= 15 is 0 Å². The summed E-state index contributed by atoms with van der Waals surface area (Å²) in [6, 6.07) is 13.0. The zero-order valence-corrected chi connectivity index (χ0v) is 19.7. The van der Waals surface area contributed by atoms with Gasteiger partial charge in [-0.25, -0.2) is 41.1 Å². The van der Waals surface area contributed by atoms with Crippen LogP contribution in [0.5, 0.6) is 0 Å². The average Bonchev–Trinajstić information content (AvgIpc) is 3.24. The van der Waals surface area contributed by atoms with Crippen molar-refractivity contribution in [2.75, 3.05) is 11.1 Å². The first-order chi connectivity index (χ1) is 17.3. The first kappa shape index (κ1) is 23.3. The molecule has 36 heavy (non-hydrogen) atoms. The van der Waals surface area contributed by atoms with Gasteiger partial charge >= 0.3 is 0 Å². The lowest BCUT2D eigenvalue weighted by molar-refractivity contribution is 0.560. The minimum absolute atomic E-state index is 0.0183. The van der Waals surface area contributed by atoms with Gasteiger partial charge in [0, 0.05) is 30.1 Å². The SMILES string of the molecule is Cc1nc(NCc2c(F)cccc2F)c2c(-c3ccnc(N)n3)cn(S(=O)(=O)c3ccccc3)c2n1. The van der Waals surface area contributed by atoms with Crippen molar-refractivity contribution in [3.63, 3.8) is 0 Å². The Morgan fingerprint density at radius 3 is 2.39 bits per heavy atom. The number of hydrogen-bond acceptors (Lipinski definition) is 8. The number of nitrogens with zero attached hydrogens (tertiary/aromatic N) is 5. The molecule has 0 atom stereocenters. The Labute approximate surface area is 204 Å². The monoisotopic (exact) mass is 507 g/mol. The third kappa shape index (κ3) is 4.11. The molecule has 0 aliphatic heterocycles. The molecule has 0 saturated heterocycles. The smallest absolute Gasteiger partial charge is 0.269 e. The molecule has 0 saturated carbocycles. The van der Waals surface area contributed by atoms with Gasteiger partial charge < -0.3 is 11.1 Å². The van der Waals surface area contributed by atoms with Gasteiger partial charge in [-0.15, -0.1) is 0 Å². The number of nitrogens with one attached hydrogen (secondary N) is 1. The standard InChI is InChI=1S/C24H19F2N7O2S/c1-14-30-22(29-12-16-18(25)8-5-9-19(16)26)21-17(20-10-11-28-24(27)32-20)13-33(23(21)31-14)36(34,35)15-6-3-2-4-7-15/h2-11,13H,12H2,1H3,(H2,27,28,32)(H,29,30,31). The van der Waals surface area contributed by atoms with Crippen LogP contribution in [0.3, 0.4) is 0 Å². The molecule has 0 aliphatic carbocycles. The predicted octanol–water partition coefficient (Wildman–Crippen LogP) is 3.91. The van der Waals surface area contributed by atoms with E-state index in [0.717, 1.165) is 16.1 Å². The molecule has 5 rings (SSSR count). The molecule has 2 aromatic carbocycles. The number of hydrogen-bond donors (Lipinski definition) is 2. The van der Waals surface area contributed by atoms with Gasteiger partial charge in [0.1, 0.15) is 23.3 Å². The molecule has 0 fully saturated rings. The van der Waals surface area contributed by atoms with Gasteiger partial charge in [0.2, 0.25) is 5.95 Å². The van der Waals surface area contributed by atoms with Gasteiger partial charge in [-0.3, -0.25) is 0 Å². The van der Waals surface area contributed by atoms with Crippen LogP contribution < -0.4 is 11.1 Å². The van der Waals surface area contributed by atoms with Gasteiger partial charge in [-0.2, -0.15) is 0 Å². The summed E-state index contributed by atoms with van der Waals surface area (Å²) in [4.78, 5) is 17.0. The van der Waals surface area contributed by atoms with Gasteiger partial charge in [0.15, 0.2) is 5.65 Å². The molecule has 0 unspecified atom stereocenters. The summed E-state index contributed by atoms with van der Waals surface area (Å²) >= 11 is 0. The summed E-state index contributed by atoms with van der Waals surface area (Å²) in [6.45, 7) is 1.34. The second-order valence-corrected chi connectivity index (χ2v) is 9.64. The maximum absolute atomic E-state index is 14.3. The van der Waals surface area contributed by atoms with E-state index in [0.29, 0.717) is 11.3 Å². The van der Waals surface area contributed by atoms with Crippen LogP contribution in [0.4, 0.5) is 20.5 Å². The van der Waals surface area contributed by atoms with Crippen LogP contribution in [0.2, 0.25) is 0 Å². The van der Waals surface area contributed by atoms with Crippen LogP contribution in [0, 0.1) is 18.6 Å². The molecular weight excluding hydrogens is 488 g/mol. The summed E-state index contributed by atoms with van der Waals surface area (Å²) in [7, 11) is -4.07. The number of anilines is 2. The Morgan fingerprint density at radius 1 is 0.972 bits per heavy atom. The summed E-state index contributed by atoms with van der Waals surface area (Å²) in [5.74, 6) is -1.05. The van der Waals surface area contributed by atoms with Gasteiger partial charge in [0.05, 0.1) is 16.0 Å². The van der Waals surface area contributed by atoms with E-state index < -0.39 is 21.7 Å². The van der Waals surface area contributed by atoms with E-state index in [1.807, 2.05) is 0 Å². The number of aromatic nitrogens is 5. The largest absolute Gasteiger partial charge is 0.368 e. The fourth-order valence-electron chi connectivity index (χ4n) is 3.82. The Bertz CT molecular complexity index is 1690. The van der Waals surface area contributed by atoms with Crippen LogP contribution in [0.15, 0.2) is 71.9 Å². The van der Waals surface area contributed by atoms with Gasteiger partial charge in [-0.1, -0.05) is 24.3 Å². The third-order valence-electron chi connectivity index (χ3n) is 5.47. The van der Waals surface area contributed by atoms with Crippen LogP contribution >= 0.6 is 0 Å². The zero-order valence-electron chi connectivity index (χ0n) is 18.9. The summed E-state index contributed by atoms with van der Waals surface area (Å²) in [5.41, 5.74) is 6.32. The van der Waals surface area contributed by atoms with Crippen molar-refractivity contribution in [3.8, 4) is 11.3 Å². The van der Waals surface area contributed by atoms with Crippen molar-refractivity contribution in [3.05, 3.63) is 90.0 Å². The topological polar surface area (TPSA) is 129 Å². The van der Waals surface area contributed by atoms with Gasteiger partial charge in [0.25, 0.3) is 10.0 Å². The lowest BCUT2D eigenvalue weighted by atomic mass is 10.1. The number of aryl methyl sites for hydroxylation is 1. The van der Waals surface area contributed by atoms with E-state index in [-0.39, 0.29) is 45.6 Å². The molecule has 0 aliphatic rings. The van der Waals surface area contributed by atoms with E-state index in [4.69, 9.17) is 5.73 Å². The summed E-state index contributed by atoms with van der Waals surface area (Å²) in [5, 5.41) is 3.23. The van der Waals surface area contributed by atoms with Crippen molar-refractivity contribution in [2.24, 2.45) is 0 Å². The summed E-state index contributed by atoms with van der Waals surface area (Å²) in [6.07, 6.45) is 2.81. The molecule has 3 heterocycles. The molecule has 0 amide bonds. The van der Waals surface area contributed by atoms with Crippen molar-refractivity contribution in [1.82, 2.24) is 23.9 Å². The van der Waals surface area contributed by atoms with Crippen LogP contribution in [0.1, 0.15) is 11.4 Å². The Balaban J connectivity index is 1.75. The summed E-state index contributed by atoms with van der Waals surface area (Å²) < 4.78 is 56.7. The fourth-order valence-corrected chi connectivity index (χ4v) is 5.15. The second kappa shape index (κ2) is 8.96. The number of rotatable bonds is 6. The molecule has 0 radical (unpaired) electrons. The van der Waals surface area contributed by atoms with Crippen molar-refractivity contribution >= 4 is 32.8 Å². The zero-order chi connectivity index (χ0) is 25.4. The number of nitrogens with two attached hydrogens (primary N) is 1. The highest BCUT2D eigenvalue weighted by Crippen LogP contribution is 2.35. The molecule has 3 aromatic heterocycles. The molecule has 12 heteroatoms. The third-order valence-corrected chi connectivity index (χ3v) is 7.13. The van der Waals surface area contributed by atoms with Gasteiger partial charge in [-0.05, 0) is 37.3 Å². The highest BCUT2D eigenvalue weighted by atomic mass is 32.2. The minimum Gasteiger partial charge on any atom is -0.368 e. The lowest BCUT2D eigenvalue weighted by Gasteiger charge is -2.11. The minimum atomic E-state index is -4.07. The first-order valence-electron chi connectivity index (χ1n) is 10.7. The highest BCUT2D eigenvalue weighted by molar-refractivity contribution is 7.90. The predicted molar refractivity (Wildman–Crippen MR) is 130 cm³/mol. The second-order valence-electron chi connectivity index (χ2n) is 7.83. The van der Waals surface area contributed by atoms with Crippen LogP contribution in [0.25, 0.3) is 22.3 Å². The van der Waals surface area contributed by atoms with E-state index in [1.165, 1.54) is 30.6 Å². The Hall–Kier alpha value is -4.45. The van der Waals surface area contributed by atoms with Crippen LogP contribution in [-0.2, 0) is 16.6 Å². The van der Waals surface area contributed by atoms with E-state index in [1.54, 1.807) is 31.2 Å². The van der Waals surface area contributed by atoms with Crippen LogP contribution in [-0.4, -0.2) is 32.3 Å². The van der Waals surface area contributed by atoms with E-state index in [2.05, 4.69) is 25.3 Å². The molecule has 182 valence electrons. The molecule has 5 aromatic rings. The fraction of sp³-hybridized carbons (Fsp3) is 0.0833. The van der Waals surface area contributed by atoms with E-state index in [9.17, 15) is 17.2 Å². The molecule has 0 spiro atoms. The molecule has 9 nitrogen and oxygen atoms in total. The quantitative estimate of drug-likeness (QED) is 0.354. The highest BCUT2D eigenvalue weighted by Gasteiger charge is 2.26. The Morgan fingerprint density at radius 2 is 1.69 bits per heavy atom. The average molecular weight is 508 g/mol. The maximum atomic E-state index is 14.3. The molecule has 3 N–H and O–H groups in total. The number of nitrogen functional groups attached to an aromatic ring is 1. The number of benzene rings is 2. The maximum Gasteiger partial charge on any atom is 0.269 e. The van der Waals surface area contributed by atoms with Crippen molar-refractivity contribution < 1.29 is 17.2 Å². The van der Waals surface area contributed by atoms with Crippen molar-refractivity contribution in [2.45, 2.75) is 18.4 Å². The Kier molecular flexibility index (Phi) is 5.80. The normalized spacial score (nSPS) is 11.6. The lowest BCUT2D eigenvalue weighted by Crippen LogP contribution is -2.13. The number of halogens is 2. The number of fused-ring (bicyclic) bond motifs is 1. The first-order valence-corrected chi connectivity index (χ1v) is 12.2. The van der Waals surface area contributed by atoms with Crippen molar-refractivity contribution in [1.29, 1.82) is 0 Å².